The third kappa shape index (κ3) is 4.43. The molecule has 1 aliphatic carbocycles. The number of nitrogens with zero attached hydrogens (tertiary/aromatic N) is 3. The van der Waals surface area contributed by atoms with Crippen LogP contribution in [0.1, 0.15) is 43.1 Å². The third-order valence-corrected chi connectivity index (χ3v) is 5.54. The first-order valence-electron chi connectivity index (χ1n) is 9.12. The van der Waals surface area contributed by atoms with Crippen molar-refractivity contribution in [2.24, 2.45) is 0 Å². The van der Waals surface area contributed by atoms with E-state index in [1.807, 2.05) is 4.90 Å². The second-order valence-electron chi connectivity index (χ2n) is 6.94. The van der Waals surface area contributed by atoms with E-state index in [0.29, 0.717) is 22.7 Å². The topological polar surface area (TPSA) is 71.3 Å². The summed E-state index contributed by atoms with van der Waals surface area (Å²) in [7, 11) is 0. The highest BCUT2D eigenvalue weighted by molar-refractivity contribution is 7.99. The van der Waals surface area contributed by atoms with Crippen LogP contribution in [0.25, 0.3) is 0 Å². The van der Waals surface area contributed by atoms with Gasteiger partial charge in [0.2, 0.25) is 11.8 Å². The molecular weight excluding hydrogens is 393 g/mol. The van der Waals surface area contributed by atoms with Crippen LogP contribution in [0.15, 0.2) is 27.8 Å². The van der Waals surface area contributed by atoms with Gasteiger partial charge in [-0.3, -0.25) is 4.79 Å². The molecule has 2 aromatic rings. The summed E-state index contributed by atoms with van der Waals surface area (Å²) in [5.41, 5.74) is -0.00596. The number of anilines is 2. The Morgan fingerprint density at radius 2 is 2.00 bits per heavy atom. The number of carbonyl (C=O) groups is 1. The molecule has 1 aromatic carbocycles. The number of amides is 1. The number of aromatic nitrogens is 2. The Balaban J connectivity index is 1.45. The molecule has 0 atom stereocenters. The van der Waals surface area contributed by atoms with Crippen LogP contribution in [0.3, 0.4) is 0 Å². The molecule has 28 heavy (non-hydrogen) atoms. The normalized spacial score (nSPS) is 17.2. The van der Waals surface area contributed by atoms with Gasteiger partial charge in [-0.05, 0) is 43.9 Å². The van der Waals surface area contributed by atoms with Gasteiger partial charge in [0.1, 0.15) is 0 Å². The standard InChI is InChI=1S/C18H19F3N4O2S/c19-18(20,21)12-5-6-14(25-7-1-2-8-25)13(9-12)22-15(26)10-28-17-24-23-16(27-17)11-3-4-11/h5-6,9,11H,1-4,7-8,10H2,(H,22,26). The Morgan fingerprint density at radius 3 is 2.68 bits per heavy atom. The van der Waals surface area contributed by atoms with Gasteiger partial charge in [0.05, 0.1) is 22.7 Å². The van der Waals surface area contributed by atoms with Crippen LogP contribution in [0.5, 0.6) is 0 Å². The van der Waals surface area contributed by atoms with Gasteiger partial charge < -0.3 is 14.6 Å². The summed E-state index contributed by atoms with van der Waals surface area (Å²) in [5.74, 6) is 0.457. The molecule has 1 N–H and O–H groups in total. The average Bonchev–Trinajstić information content (AvgIpc) is 3.16. The molecule has 0 spiro atoms. The third-order valence-electron chi connectivity index (χ3n) is 4.72. The van der Waals surface area contributed by atoms with Gasteiger partial charge in [-0.15, -0.1) is 10.2 Å². The van der Waals surface area contributed by atoms with Crippen molar-refractivity contribution < 1.29 is 22.4 Å². The number of hydrogen-bond acceptors (Lipinski definition) is 6. The molecule has 150 valence electrons. The molecule has 6 nitrogen and oxygen atoms in total. The van der Waals surface area contributed by atoms with Crippen molar-refractivity contribution in [2.45, 2.75) is 43.0 Å². The maximum absolute atomic E-state index is 13.1. The van der Waals surface area contributed by atoms with Crippen molar-refractivity contribution in [1.29, 1.82) is 0 Å². The van der Waals surface area contributed by atoms with E-state index in [1.165, 1.54) is 6.07 Å². The van der Waals surface area contributed by atoms with Crippen LogP contribution in [-0.2, 0) is 11.0 Å². The van der Waals surface area contributed by atoms with E-state index in [4.69, 9.17) is 4.42 Å². The van der Waals surface area contributed by atoms with E-state index in [-0.39, 0.29) is 11.4 Å². The average molecular weight is 412 g/mol. The molecule has 1 saturated carbocycles. The lowest BCUT2D eigenvalue weighted by atomic mass is 10.1. The first-order valence-corrected chi connectivity index (χ1v) is 10.1. The number of hydrogen-bond donors (Lipinski definition) is 1. The number of alkyl halides is 3. The minimum Gasteiger partial charge on any atom is -0.416 e. The summed E-state index contributed by atoms with van der Waals surface area (Å²) in [6.07, 6.45) is -0.459. The minimum atomic E-state index is -4.47. The van der Waals surface area contributed by atoms with Crippen molar-refractivity contribution in [1.82, 2.24) is 10.2 Å². The molecule has 2 heterocycles. The van der Waals surface area contributed by atoms with Crippen molar-refractivity contribution >= 4 is 29.0 Å². The first kappa shape index (κ1) is 19.1. The van der Waals surface area contributed by atoms with Gasteiger partial charge in [-0.2, -0.15) is 13.2 Å². The first-order chi connectivity index (χ1) is 13.4. The Kier molecular flexibility index (Phi) is 5.22. The molecule has 10 heteroatoms. The fourth-order valence-corrected chi connectivity index (χ4v) is 3.70. The second kappa shape index (κ2) is 7.65. The Labute approximate surface area is 163 Å². The van der Waals surface area contributed by atoms with E-state index in [0.717, 1.165) is 62.7 Å². The van der Waals surface area contributed by atoms with E-state index < -0.39 is 17.6 Å². The molecule has 4 rings (SSSR count). The summed E-state index contributed by atoms with van der Waals surface area (Å²) in [5, 5.41) is 10.8. The number of thioether (sulfide) groups is 1. The van der Waals surface area contributed by atoms with Gasteiger partial charge >= 0.3 is 6.18 Å². The van der Waals surface area contributed by atoms with Crippen LogP contribution in [-0.4, -0.2) is 34.9 Å². The fourth-order valence-electron chi connectivity index (χ4n) is 3.13. The monoisotopic (exact) mass is 412 g/mol. The van der Waals surface area contributed by atoms with Crippen LogP contribution >= 0.6 is 11.8 Å². The molecule has 1 aliphatic heterocycles. The summed E-state index contributed by atoms with van der Waals surface area (Å²) in [6, 6.07) is 3.47. The SMILES string of the molecule is O=C(CSc1nnc(C2CC2)o1)Nc1cc(C(F)(F)F)ccc1N1CCCC1. The van der Waals surface area contributed by atoms with Gasteiger partial charge in [0, 0.05) is 19.0 Å². The van der Waals surface area contributed by atoms with E-state index >= 15 is 0 Å². The summed E-state index contributed by atoms with van der Waals surface area (Å²) < 4.78 is 44.8. The van der Waals surface area contributed by atoms with E-state index in [2.05, 4.69) is 15.5 Å². The highest BCUT2D eigenvalue weighted by Gasteiger charge is 2.32. The summed E-state index contributed by atoms with van der Waals surface area (Å²) >= 11 is 1.07. The fraction of sp³-hybridized carbons (Fsp3) is 0.500. The minimum absolute atomic E-state index is 0.0258. The molecular formula is C18H19F3N4O2S. The van der Waals surface area contributed by atoms with E-state index in [1.54, 1.807) is 0 Å². The molecule has 0 bridgehead atoms. The van der Waals surface area contributed by atoms with Crippen molar-refractivity contribution in [3.8, 4) is 0 Å². The van der Waals surface area contributed by atoms with Crippen LogP contribution < -0.4 is 10.2 Å². The number of benzene rings is 1. The van der Waals surface area contributed by atoms with Gasteiger partial charge in [-0.1, -0.05) is 11.8 Å². The molecule has 0 unspecified atom stereocenters. The van der Waals surface area contributed by atoms with Crippen LogP contribution in [0.4, 0.5) is 24.5 Å². The Morgan fingerprint density at radius 1 is 1.25 bits per heavy atom. The van der Waals surface area contributed by atoms with Gasteiger partial charge in [0.15, 0.2) is 0 Å². The molecule has 1 saturated heterocycles. The number of rotatable bonds is 6. The zero-order valence-electron chi connectivity index (χ0n) is 15.0. The molecule has 2 fully saturated rings. The second-order valence-corrected chi connectivity index (χ2v) is 7.87. The molecule has 2 aliphatic rings. The lowest BCUT2D eigenvalue weighted by molar-refractivity contribution is -0.137. The maximum Gasteiger partial charge on any atom is 0.416 e. The van der Waals surface area contributed by atoms with Crippen molar-refractivity contribution in [3.63, 3.8) is 0 Å². The molecule has 1 aromatic heterocycles. The van der Waals surface area contributed by atoms with Crippen LogP contribution in [0.2, 0.25) is 0 Å². The maximum atomic E-state index is 13.1. The number of nitrogens with one attached hydrogen (secondary N) is 1. The summed E-state index contributed by atoms with van der Waals surface area (Å²) in [4.78, 5) is 14.3. The van der Waals surface area contributed by atoms with E-state index in [9.17, 15) is 18.0 Å². The number of halogens is 3. The predicted molar refractivity (Wildman–Crippen MR) is 98.5 cm³/mol. The highest BCUT2D eigenvalue weighted by Crippen LogP contribution is 2.40. The molecule has 0 radical (unpaired) electrons. The lowest BCUT2D eigenvalue weighted by Gasteiger charge is -2.22. The quantitative estimate of drug-likeness (QED) is 0.714. The number of carbonyl (C=O) groups excluding carboxylic acids is 1. The van der Waals surface area contributed by atoms with Crippen LogP contribution in [0, 0.1) is 0 Å². The lowest BCUT2D eigenvalue weighted by Crippen LogP contribution is -2.22. The zero-order chi connectivity index (χ0) is 19.7. The molecule has 1 amide bonds. The summed E-state index contributed by atoms with van der Waals surface area (Å²) in [6.45, 7) is 1.52. The largest absolute Gasteiger partial charge is 0.416 e. The highest BCUT2D eigenvalue weighted by atomic mass is 32.2. The van der Waals surface area contributed by atoms with Crippen molar-refractivity contribution in [2.75, 3.05) is 29.1 Å². The predicted octanol–water partition coefficient (Wildman–Crippen LogP) is 4.30. The zero-order valence-corrected chi connectivity index (χ0v) is 15.8. The van der Waals surface area contributed by atoms with Crippen molar-refractivity contribution in [3.05, 3.63) is 29.7 Å². The Hall–Kier alpha value is -2.23. The van der Waals surface area contributed by atoms with Gasteiger partial charge in [0.25, 0.3) is 5.22 Å². The smallest absolute Gasteiger partial charge is 0.416 e. The van der Waals surface area contributed by atoms with Gasteiger partial charge in [-0.25, -0.2) is 0 Å². The Bertz CT molecular complexity index is 861.